The Kier molecular flexibility index (Phi) is 6.67. The maximum absolute atomic E-state index is 13.2. The van der Waals surface area contributed by atoms with Crippen molar-refractivity contribution in [2.24, 2.45) is 0 Å². The summed E-state index contributed by atoms with van der Waals surface area (Å²) < 4.78 is 77.6. The molecule has 168 valence electrons. The predicted molar refractivity (Wildman–Crippen MR) is 102 cm³/mol. The normalized spacial score (nSPS) is 13.0. The summed E-state index contributed by atoms with van der Waals surface area (Å²) in [6.07, 6.45) is 0.703. The zero-order chi connectivity index (χ0) is 23.5. The van der Waals surface area contributed by atoms with Crippen LogP contribution in [-0.4, -0.2) is 31.4 Å². The first-order chi connectivity index (χ1) is 14.9. The zero-order valence-corrected chi connectivity index (χ0v) is 16.9. The van der Waals surface area contributed by atoms with E-state index in [4.69, 9.17) is 0 Å². The van der Waals surface area contributed by atoms with Gasteiger partial charge in [0.05, 0.1) is 17.3 Å². The molecule has 1 unspecified atom stereocenters. The average Bonchev–Trinajstić information content (AvgIpc) is 2.72. The van der Waals surface area contributed by atoms with E-state index >= 15 is 0 Å². The minimum atomic E-state index is -4.94. The van der Waals surface area contributed by atoms with Crippen LogP contribution >= 0.6 is 11.8 Å². The molecule has 0 aliphatic carbocycles. The van der Waals surface area contributed by atoms with Gasteiger partial charge in [-0.3, -0.25) is 9.78 Å². The SMILES string of the molecule is CC(NC(=O)c1cc(SC(F)(F)F)cc(C(F)(F)F)c1)c1nccnc1-c1ncccn1. The minimum Gasteiger partial charge on any atom is -0.344 e. The fourth-order valence-electron chi connectivity index (χ4n) is 2.69. The number of alkyl halides is 6. The molecule has 32 heavy (non-hydrogen) atoms. The largest absolute Gasteiger partial charge is 0.446 e. The molecule has 1 aromatic carbocycles. The number of rotatable bonds is 5. The number of thioether (sulfide) groups is 1. The highest BCUT2D eigenvalue weighted by molar-refractivity contribution is 8.00. The van der Waals surface area contributed by atoms with Crippen molar-refractivity contribution in [2.45, 2.75) is 29.5 Å². The van der Waals surface area contributed by atoms with E-state index in [1.165, 1.54) is 31.7 Å². The van der Waals surface area contributed by atoms with Gasteiger partial charge in [-0.05, 0) is 43.0 Å². The van der Waals surface area contributed by atoms with E-state index in [2.05, 4.69) is 25.3 Å². The molecular formula is C19H13F6N5OS. The van der Waals surface area contributed by atoms with Crippen molar-refractivity contribution in [2.75, 3.05) is 0 Å². The summed E-state index contributed by atoms with van der Waals surface area (Å²) in [5, 5.41) is 2.44. The lowest BCUT2D eigenvalue weighted by atomic mass is 10.1. The number of halogens is 6. The van der Waals surface area contributed by atoms with Crippen molar-refractivity contribution in [1.29, 1.82) is 0 Å². The summed E-state index contributed by atoms with van der Waals surface area (Å²) in [6, 6.07) is 2.28. The summed E-state index contributed by atoms with van der Waals surface area (Å²) in [5.41, 5.74) is -6.32. The number of aromatic nitrogens is 4. The topological polar surface area (TPSA) is 80.7 Å². The number of nitrogens with one attached hydrogen (secondary N) is 1. The molecule has 0 aliphatic rings. The molecule has 13 heteroatoms. The maximum atomic E-state index is 13.2. The van der Waals surface area contributed by atoms with Crippen LogP contribution in [0.3, 0.4) is 0 Å². The predicted octanol–water partition coefficient (Wildman–Crippen LogP) is 5.06. The number of amides is 1. The zero-order valence-electron chi connectivity index (χ0n) is 16.1. The fourth-order valence-corrected chi connectivity index (χ4v) is 3.33. The maximum Gasteiger partial charge on any atom is 0.446 e. The monoisotopic (exact) mass is 473 g/mol. The smallest absolute Gasteiger partial charge is 0.344 e. The van der Waals surface area contributed by atoms with Crippen molar-refractivity contribution in [1.82, 2.24) is 25.3 Å². The number of carbonyl (C=O) groups is 1. The number of hydrogen-bond acceptors (Lipinski definition) is 6. The van der Waals surface area contributed by atoms with Gasteiger partial charge in [0.2, 0.25) is 0 Å². The van der Waals surface area contributed by atoms with E-state index in [0.29, 0.717) is 12.1 Å². The highest BCUT2D eigenvalue weighted by Crippen LogP contribution is 2.40. The second kappa shape index (κ2) is 9.10. The van der Waals surface area contributed by atoms with Gasteiger partial charge in [0, 0.05) is 35.2 Å². The van der Waals surface area contributed by atoms with Crippen molar-refractivity contribution in [3.63, 3.8) is 0 Å². The van der Waals surface area contributed by atoms with Crippen LogP contribution in [0, 0.1) is 0 Å². The first-order valence-corrected chi connectivity index (χ1v) is 9.63. The van der Waals surface area contributed by atoms with Gasteiger partial charge in [-0.15, -0.1) is 0 Å². The van der Waals surface area contributed by atoms with E-state index in [-0.39, 0.29) is 17.2 Å². The van der Waals surface area contributed by atoms with Crippen LogP contribution in [0.5, 0.6) is 0 Å². The lowest BCUT2D eigenvalue weighted by molar-refractivity contribution is -0.137. The summed E-state index contributed by atoms with van der Waals surface area (Å²) in [5.74, 6) is -0.808. The van der Waals surface area contributed by atoms with Crippen LogP contribution in [-0.2, 0) is 6.18 Å². The van der Waals surface area contributed by atoms with Crippen molar-refractivity contribution in [3.05, 3.63) is 65.9 Å². The summed E-state index contributed by atoms with van der Waals surface area (Å²) in [7, 11) is 0. The minimum absolute atomic E-state index is 0.208. The van der Waals surface area contributed by atoms with E-state index < -0.39 is 51.4 Å². The number of hydrogen-bond donors (Lipinski definition) is 1. The van der Waals surface area contributed by atoms with E-state index in [1.807, 2.05) is 0 Å². The molecule has 0 fully saturated rings. The second-order valence-corrected chi connectivity index (χ2v) is 7.49. The molecule has 3 aromatic rings. The van der Waals surface area contributed by atoms with Crippen LogP contribution < -0.4 is 5.32 Å². The Balaban J connectivity index is 1.91. The third-order valence-electron chi connectivity index (χ3n) is 3.99. The Morgan fingerprint density at radius 1 is 0.938 bits per heavy atom. The Morgan fingerprint density at radius 3 is 2.22 bits per heavy atom. The Hall–Kier alpha value is -3.22. The first-order valence-electron chi connectivity index (χ1n) is 8.81. The highest BCUT2D eigenvalue weighted by atomic mass is 32.2. The summed E-state index contributed by atoms with van der Waals surface area (Å²) in [4.78, 5) is 28.2. The van der Waals surface area contributed by atoms with Crippen molar-refractivity contribution >= 4 is 17.7 Å². The number of benzene rings is 1. The third-order valence-corrected chi connectivity index (χ3v) is 4.69. The van der Waals surface area contributed by atoms with Crippen LogP contribution in [0.1, 0.15) is 34.6 Å². The Labute approximate surface area is 181 Å². The van der Waals surface area contributed by atoms with Gasteiger partial charge in [-0.1, -0.05) is 0 Å². The van der Waals surface area contributed by atoms with Crippen LogP contribution in [0.2, 0.25) is 0 Å². The quantitative estimate of drug-likeness (QED) is 0.413. The van der Waals surface area contributed by atoms with Gasteiger partial charge in [-0.25, -0.2) is 15.0 Å². The van der Waals surface area contributed by atoms with Gasteiger partial charge < -0.3 is 5.32 Å². The van der Waals surface area contributed by atoms with Crippen LogP contribution in [0.4, 0.5) is 26.3 Å². The van der Waals surface area contributed by atoms with Gasteiger partial charge in [-0.2, -0.15) is 26.3 Å². The third kappa shape index (κ3) is 5.93. The lowest BCUT2D eigenvalue weighted by Crippen LogP contribution is -2.28. The standard InChI is InChI=1S/C19H13F6N5OS/c1-10(14-15(27-6-5-26-14)16-28-3-2-4-29-16)30-17(31)11-7-12(18(20,21)22)9-13(8-11)32-19(23,24)25/h2-10H,1H3,(H,30,31). The lowest BCUT2D eigenvalue weighted by Gasteiger charge is -2.17. The van der Waals surface area contributed by atoms with Gasteiger partial charge >= 0.3 is 11.7 Å². The molecule has 1 N–H and O–H groups in total. The van der Waals surface area contributed by atoms with Crippen LogP contribution in [0.25, 0.3) is 11.5 Å². The first kappa shape index (κ1) is 23.4. The van der Waals surface area contributed by atoms with Crippen molar-refractivity contribution < 1.29 is 31.1 Å². The van der Waals surface area contributed by atoms with Crippen molar-refractivity contribution in [3.8, 4) is 11.5 Å². The van der Waals surface area contributed by atoms with E-state index in [1.54, 1.807) is 6.07 Å². The molecule has 1 amide bonds. The molecule has 2 heterocycles. The molecule has 0 spiro atoms. The number of carbonyl (C=O) groups excluding carboxylic acids is 1. The Bertz CT molecular complexity index is 1110. The number of nitrogens with zero attached hydrogens (tertiary/aromatic N) is 4. The van der Waals surface area contributed by atoms with E-state index in [0.717, 1.165) is 6.07 Å². The van der Waals surface area contributed by atoms with E-state index in [9.17, 15) is 31.1 Å². The molecule has 0 radical (unpaired) electrons. The van der Waals surface area contributed by atoms with Crippen LogP contribution in [0.15, 0.2) is 53.9 Å². The second-order valence-electron chi connectivity index (χ2n) is 6.35. The van der Waals surface area contributed by atoms with Gasteiger partial charge in [0.1, 0.15) is 5.69 Å². The molecule has 3 rings (SSSR count). The molecule has 0 saturated carbocycles. The summed E-state index contributed by atoms with van der Waals surface area (Å²) >= 11 is -0.741. The highest BCUT2D eigenvalue weighted by Gasteiger charge is 2.35. The average molecular weight is 473 g/mol. The van der Waals surface area contributed by atoms with Gasteiger partial charge in [0.15, 0.2) is 5.82 Å². The fraction of sp³-hybridized carbons (Fsp3) is 0.211. The molecule has 1 atom stereocenters. The summed E-state index contributed by atoms with van der Waals surface area (Å²) in [6.45, 7) is 1.49. The molecule has 6 nitrogen and oxygen atoms in total. The van der Waals surface area contributed by atoms with Gasteiger partial charge in [0.25, 0.3) is 5.91 Å². The molecule has 2 aromatic heterocycles. The molecule has 0 bridgehead atoms. The molecular weight excluding hydrogens is 460 g/mol. The molecule has 0 aliphatic heterocycles. The Morgan fingerprint density at radius 2 is 1.59 bits per heavy atom. The molecule has 0 saturated heterocycles.